The first-order valence-corrected chi connectivity index (χ1v) is 4.70. The van der Waals surface area contributed by atoms with Crippen LogP contribution < -0.4 is 16.0 Å². The Bertz CT molecular complexity index is 332. The molecule has 5 nitrogen and oxygen atoms in total. The summed E-state index contributed by atoms with van der Waals surface area (Å²) in [7, 11) is 3.86. The molecule has 0 aliphatic carbocycles. The number of pyridine rings is 1. The maximum absolute atomic E-state index is 11.2. The summed E-state index contributed by atoms with van der Waals surface area (Å²) in [5.41, 5.74) is 6.39. The number of aromatic nitrogens is 1. The third-order valence-corrected chi connectivity index (χ3v) is 1.93. The summed E-state index contributed by atoms with van der Waals surface area (Å²) in [6.07, 6.45) is 1.69. The molecular formula is C10H16N4O. The zero-order valence-corrected chi connectivity index (χ0v) is 9.19. The van der Waals surface area contributed by atoms with Crippen molar-refractivity contribution in [3.05, 3.63) is 18.3 Å². The van der Waals surface area contributed by atoms with Gasteiger partial charge in [-0.25, -0.2) is 4.98 Å². The fourth-order valence-corrected chi connectivity index (χ4v) is 0.965. The van der Waals surface area contributed by atoms with Crippen LogP contribution in [0.3, 0.4) is 0 Å². The third-order valence-electron chi connectivity index (χ3n) is 1.93. The van der Waals surface area contributed by atoms with Crippen molar-refractivity contribution in [2.75, 3.05) is 24.3 Å². The Morgan fingerprint density at radius 1 is 1.53 bits per heavy atom. The minimum absolute atomic E-state index is 0.236. The average Bonchev–Trinajstić information content (AvgIpc) is 2.18. The Morgan fingerprint density at radius 2 is 2.20 bits per heavy atom. The van der Waals surface area contributed by atoms with Crippen molar-refractivity contribution >= 4 is 17.4 Å². The van der Waals surface area contributed by atoms with E-state index in [-0.39, 0.29) is 5.91 Å². The van der Waals surface area contributed by atoms with Gasteiger partial charge in [0.15, 0.2) is 0 Å². The van der Waals surface area contributed by atoms with Gasteiger partial charge in [0.05, 0.1) is 17.9 Å². The van der Waals surface area contributed by atoms with Crippen LogP contribution in [0.4, 0.5) is 11.5 Å². The molecule has 1 aromatic rings. The van der Waals surface area contributed by atoms with Crippen molar-refractivity contribution in [2.24, 2.45) is 5.73 Å². The molecule has 0 aromatic carbocycles. The molecule has 0 bridgehead atoms. The number of carbonyl (C=O) groups is 1. The highest BCUT2D eigenvalue weighted by Gasteiger charge is 2.07. The van der Waals surface area contributed by atoms with Crippen LogP contribution in [0.2, 0.25) is 0 Å². The summed E-state index contributed by atoms with van der Waals surface area (Å²) < 4.78 is 0. The normalized spacial score (nSPS) is 12.0. The molecule has 0 aliphatic heterocycles. The lowest BCUT2D eigenvalue weighted by Gasteiger charge is -2.12. The molecule has 1 aromatic heterocycles. The number of amides is 1. The first-order chi connectivity index (χ1) is 7.00. The van der Waals surface area contributed by atoms with Crippen LogP contribution in [0.25, 0.3) is 0 Å². The Morgan fingerprint density at radius 3 is 2.60 bits per heavy atom. The van der Waals surface area contributed by atoms with Gasteiger partial charge in [-0.3, -0.25) is 4.79 Å². The van der Waals surface area contributed by atoms with Crippen LogP contribution in [-0.4, -0.2) is 31.0 Å². The Kier molecular flexibility index (Phi) is 3.62. The van der Waals surface area contributed by atoms with Gasteiger partial charge in [0.1, 0.15) is 5.82 Å². The molecule has 0 saturated carbocycles. The number of hydrogen-bond acceptors (Lipinski definition) is 4. The molecular weight excluding hydrogens is 192 g/mol. The fourth-order valence-electron chi connectivity index (χ4n) is 0.965. The topological polar surface area (TPSA) is 71.2 Å². The number of nitrogens with zero attached hydrogens (tertiary/aromatic N) is 2. The predicted molar refractivity (Wildman–Crippen MR) is 60.8 cm³/mol. The standard InChI is InChI=1S/C10H16N4O/c1-7(11)10(15)13-9-5-4-8(6-12-9)14(2)3/h4-7H,11H2,1-3H3,(H,12,13,15)/t7-/m1/s1. The van der Waals surface area contributed by atoms with E-state index in [9.17, 15) is 4.79 Å². The minimum Gasteiger partial charge on any atom is -0.376 e. The van der Waals surface area contributed by atoms with Crippen molar-refractivity contribution in [3.8, 4) is 0 Å². The van der Waals surface area contributed by atoms with Crippen LogP contribution in [-0.2, 0) is 4.79 Å². The average molecular weight is 208 g/mol. The van der Waals surface area contributed by atoms with Crippen LogP contribution in [0, 0.1) is 0 Å². The SMILES string of the molecule is C[C@@H](N)C(=O)Nc1ccc(N(C)C)cn1. The van der Waals surface area contributed by atoms with Crippen LogP contribution >= 0.6 is 0 Å². The number of carbonyl (C=O) groups excluding carboxylic acids is 1. The predicted octanol–water partition coefficient (Wildman–Crippen LogP) is 0.433. The van der Waals surface area contributed by atoms with E-state index in [1.54, 1.807) is 19.2 Å². The number of hydrogen-bond donors (Lipinski definition) is 2. The molecule has 1 amide bonds. The zero-order chi connectivity index (χ0) is 11.4. The third kappa shape index (κ3) is 3.21. The van der Waals surface area contributed by atoms with E-state index < -0.39 is 6.04 Å². The highest BCUT2D eigenvalue weighted by atomic mass is 16.2. The summed E-state index contributed by atoms with van der Waals surface area (Å²) in [5, 5.41) is 2.61. The minimum atomic E-state index is -0.527. The van der Waals surface area contributed by atoms with E-state index in [1.165, 1.54) is 0 Å². The lowest BCUT2D eigenvalue weighted by atomic mass is 10.3. The summed E-state index contributed by atoms with van der Waals surface area (Å²) in [6, 6.07) is 3.10. The molecule has 1 atom stereocenters. The maximum atomic E-state index is 11.2. The number of rotatable bonds is 3. The molecule has 0 aliphatic rings. The number of nitrogens with one attached hydrogen (secondary N) is 1. The molecule has 15 heavy (non-hydrogen) atoms. The van der Waals surface area contributed by atoms with E-state index in [0.717, 1.165) is 5.69 Å². The second-order valence-electron chi connectivity index (χ2n) is 3.57. The van der Waals surface area contributed by atoms with Crippen molar-refractivity contribution in [2.45, 2.75) is 13.0 Å². The Hall–Kier alpha value is -1.62. The molecule has 1 rings (SSSR count). The van der Waals surface area contributed by atoms with E-state index in [4.69, 9.17) is 5.73 Å². The molecule has 3 N–H and O–H groups in total. The van der Waals surface area contributed by atoms with Gasteiger partial charge in [0.2, 0.25) is 5.91 Å². The molecule has 82 valence electrons. The van der Waals surface area contributed by atoms with E-state index in [1.807, 2.05) is 25.1 Å². The second kappa shape index (κ2) is 4.75. The first kappa shape index (κ1) is 11.5. The summed E-state index contributed by atoms with van der Waals surface area (Å²) in [5.74, 6) is 0.281. The smallest absolute Gasteiger partial charge is 0.242 e. The van der Waals surface area contributed by atoms with Crippen molar-refractivity contribution in [3.63, 3.8) is 0 Å². The van der Waals surface area contributed by atoms with E-state index >= 15 is 0 Å². The van der Waals surface area contributed by atoms with Gasteiger partial charge in [-0.05, 0) is 19.1 Å². The fraction of sp³-hybridized carbons (Fsp3) is 0.400. The largest absolute Gasteiger partial charge is 0.376 e. The quantitative estimate of drug-likeness (QED) is 0.755. The lowest BCUT2D eigenvalue weighted by Crippen LogP contribution is -2.32. The van der Waals surface area contributed by atoms with Gasteiger partial charge in [-0.15, -0.1) is 0 Å². The van der Waals surface area contributed by atoms with Gasteiger partial charge < -0.3 is 16.0 Å². The highest BCUT2D eigenvalue weighted by molar-refractivity contribution is 5.93. The molecule has 5 heteroatoms. The summed E-state index contributed by atoms with van der Waals surface area (Å²) >= 11 is 0. The van der Waals surface area contributed by atoms with E-state index in [0.29, 0.717) is 5.82 Å². The van der Waals surface area contributed by atoms with Gasteiger partial charge in [0, 0.05) is 14.1 Å². The van der Waals surface area contributed by atoms with Gasteiger partial charge in [-0.2, -0.15) is 0 Å². The summed E-state index contributed by atoms with van der Waals surface area (Å²) in [6.45, 7) is 1.63. The van der Waals surface area contributed by atoms with Crippen molar-refractivity contribution < 1.29 is 4.79 Å². The van der Waals surface area contributed by atoms with Crippen molar-refractivity contribution in [1.29, 1.82) is 0 Å². The van der Waals surface area contributed by atoms with E-state index in [2.05, 4.69) is 10.3 Å². The molecule has 0 unspecified atom stereocenters. The van der Waals surface area contributed by atoms with Crippen LogP contribution in [0.5, 0.6) is 0 Å². The van der Waals surface area contributed by atoms with Gasteiger partial charge in [0.25, 0.3) is 0 Å². The first-order valence-electron chi connectivity index (χ1n) is 4.70. The molecule has 1 heterocycles. The number of anilines is 2. The zero-order valence-electron chi connectivity index (χ0n) is 9.19. The number of nitrogens with two attached hydrogens (primary N) is 1. The van der Waals surface area contributed by atoms with Crippen molar-refractivity contribution in [1.82, 2.24) is 4.98 Å². The Labute approximate surface area is 89.3 Å². The molecule has 0 radical (unpaired) electrons. The molecule has 0 fully saturated rings. The highest BCUT2D eigenvalue weighted by Crippen LogP contribution is 2.11. The summed E-state index contributed by atoms with van der Waals surface area (Å²) in [4.78, 5) is 17.3. The van der Waals surface area contributed by atoms with Gasteiger partial charge in [-0.1, -0.05) is 0 Å². The molecule has 0 spiro atoms. The van der Waals surface area contributed by atoms with Crippen LogP contribution in [0.15, 0.2) is 18.3 Å². The second-order valence-corrected chi connectivity index (χ2v) is 3.57. The van der Waals surface area contributed by atoms with Crippen LogP contribution in [0.1, 0.15) is 6.92 Å². The monoisotopic (exact) mass is 208 g/mol. The van der Waals surface area contributed by atoms with Gasteiger partial charge >= 0.3 is 0 Å². The molecule has 0 saturated heterocycles. The maximum Gasteiger partial charge on any atom is 0.242 e. The Balaban J connectivity index is 2.69. The lowest BCUT2D eigenvalue weighted by molar-refractivity contribution is -0.117.